The normalized spacial score (nSPS) is 18.4. The number of amides is 2. The number of fused-ring (bicyclic) bond motifs is 3. The van der Waals surface area contributed by atoms with Gasteiger partial charge in [0.15, 0.2) is 0 Å². The Hall–Kier alpha value is -3.78. The Morgan fingerprint density at radius 1 is 1.30 bits per heavy atom. The van der Waals surface area contributed by atoms with Gasteiger partial charge in [-0.25, -0.2) is 9.97 Å². The average Bonchev–Trinajstić information content (AvgIpc) is 3.31. The van der Waals surface area contributed by atoms with Crippen LogP contribution in [0.15, 0.2) is 23.3 Å². The maximum Gasteiger partial charge on any atom is 0.276 e. The van der Waals surface area contributed by atoms with Crippen molar-refractivity contribution in [1.82, 2.24) is 24.8 Å². The molecule has 0 unspecified atom stereocenters. The van der Waals surface area contributed by atoms with Gasteiger partial charge in [-0.2, -0.15) is 5.26 Å². The van der Waals surface area contributed by atoms with Gasteiger partial charge in [-0.05, 0) is 43.9 Å². The number of nitrogens with one attached hydrogen (secondary N) is 2. The maximum absolute atomic E-state index is 13.4. The number of aromatic nitrogens is 3. The molecule has 2 aliphatic heterocycles. The molecule has 0 bridgehead atoms. The summed E-state index contributed by atoms with van der Waals surface area (Å²) in [6, 6.07) is 5.55. The molecule has 10 nitrogen and oxygen atoms in total. The quantitative estimate of drug-likeness (QED) is 0.610. The predicted octanol–water partition coefficient (Wildman–Crippen LogP) is 2.08. The van der Waals surface area contributed by atoms with Crippen LogP contribution in [0, 0.1) is 24.2 Å². The Morgan fingerprint density at radius 3 is 2.79 bits per heavy atom. The number of rotatable bonds is 3. The largest absolute Gasteiger partial charge is 0.335 e. The summed E-state index contributed by atoms with van der Waals surface area (Å²) in [5.74, 6) is -0.0474. The topological polar surface area (TPSA) is 133 Å². The van der Waals surface area contributed by atoms with E-state index in [-0.39, 0.29) is 23.3 Å². The van der Waals surface area contributed by atoms with Crippen LogP contribution in [0.3, 0.4) is 0 Å². The van der Waals surface area contributed by atoms with Crippen molar-refractivity contribution in [2.45, 2.75) is 31.8 Å². The Kier molecular flexibility index (Phi) is 4.13. The second-order valence-electron chi connectivity index (χ2n) is 8.78. The molecule has 1 aliphatic carbocycles. The van der Waals surface area contributed by atoms with Crippen LogP contribution in [-0.2, 0) is 5.66 Å². The summed E-state index contributed by atoms with van der Waals surface area (Å²) < 4.78 is 1.59. The first-order valence-corrected chi connectivity index (χ1v) is 11.5. The van der Waals surface area contributed by atoms with Crippen molar-refractivity contribution in [2.24, 2.45) is 5.92 Å². The van der Waals surface area contributed by atoms with Crippen molar-refractivity contribution in [3.05, 3.63) is 44.9 Å². The van der Waals surface area contributed by atoms with Crippen LogP contribution in [0.25, 0.3) is 10.2 Å². The van der Waals surface area contributed by atoms with Gasteiger partial charge in [0.2, 0.25) is 0 Å². The number of aryl methyl sites for hydroxylation is 1. The summed E-state index contributed by atoms with van der Waals surface area (Å²) in [4.78, 5) is 50.0. The minimum absolute atomic E-state index is 0.114. The van der Waals surface area contributed by atoms with Crippen LogP contribution in [0.5, 0.6) is 0 Å². The fraction of sp³-hybridized carbons (Fsp3) is 0.364. The van der Waals surface area contributed by atoms with E-state index in [0.717, 1.165) is 19.3 Å². The molecule has 1 spiro atoms. The highest BCUT2D eigenvalue weighted by Crippen LogP contribution is 2.41. The van der Waals surface area contributed by atoms with E-state index in [1.165, 1.54) is 17.7 Å². The lowest BCUT2D eigenvalue weighted by atomic mass is 9.85. The Labute approximate surface area is 191 Å². The SMILES string of the molecule is Cc1cc(Nc2ncnc3sc(C(=O)N4CC(C#N)C4)cc23)c(=O)n2c1C(=O)NC21CCC1. The fourth-order valence-electron chi connectivity index (χ4n) is 4.78. The maximum atomic E-state index is 13.4. The third kappa shape index (κ3) is 2.80. The van der Waals surface area contributed by atoms with E-state index in [1.54, 1.807) is 21.6 Å². The zero-order valence-corrected chi connectivity index (χ0v) is 18.5. The summed E-state index contributed by atoms with van der Waals surface area (Å²) in [5.41, 5.74) is 0.516. The number of nitriles is 1. The van der Waals surface area contributed by atoms with Gasteiger partial charge in [0, 0.05) is 13.1 Å². The highest BCUT2D eigenvalue weighted by molar-refractivity contribution is 7.20. The molecule has 3 aliphatic rings. The van der Waals surface area contributed by atoms with E-state index in [1.807, 2.05) is 6.92 Å². The fourth-order valence-corrected chi connectivity index (χ4v) is 5.75. The minimum Gasteiger partial charge on any atom is -0.335 e. The molecule has 166 valence electrons. The summed E-state index contributed by atoms with van der Waals surface area (Å²) in [6.07, 6.45) is 3.80. The van der Waals surface area contributed by atoms with Crippen molar-refractivity contribution in [3.8, 4) is 6.07 Å². The molecule has 2 fully saturated rings. The van der Waals surface area contributed by atoms with Gasteiger partial charge in [0.25, 0.3) is 17.4 Å². The molecule has 2 N–H and O–H groups in total. The molecule has 3 aromatic rings. The Morgan fingerprint density at radius 2 is 2.09 bits per heavy atom. The number of pyridine rings is 1. The van der Waals surface area contributed by atoms with E-state index >= 15 is 0 Å². The molecule has 6 rings (SSSR count). The van der Waals surface area contributed by atoms with Gasteiger partial charge in [-0.1, -0.05) is 0 Å². The second-order valence-corrected chi connectivity index (χ2v) is 9.81. The summed E-state index contributed by atoms with van der Waals surface area (Å²) in [6.45, 7) is 2.67. The van der Waals surface area contributed by atoms with Crippen molar-refractivity contribution >= 4 is 44.9 Å². The lowest BCUT2D eigenvalue weighted by Crippen LogP contribution is -2.52. The minimum atomic E-state index is -0.632. The first-order valence-electron chi connectivity index (χ1n) is 10.7. The van der Waals surface area contributed by atoms with E-state index in [4.69, 9.17) is 5.26 Å². The van der Waals surface area contributed by atoms with Crippen LogP contribution in [0.1, 0.15) is 45.0 Å². The molecule has 2 amide bonds. The van der Waals surface area contributed by atoms with Crippen LogP contribution in [-0.4, -0.2) is 44.3 Å². The molecular weight excluding hydrogens is 442 g/mol. The van der Waals surface area contributed by atoms with Crippen LogP contribution in [0.4, 0.5) is 11.5 Å². The first-order chi connectivity index (χ1) is 15.9. The van der Waals surface area contributed by atoms with Gasteiger partial charge < -0.3 is 15.5 Å². The first kappa shape index (κ1) is 19.9. The Bertz CT molecular complexity index is 1460. The van der Waals surface area contributed by atoms with Gasteiger partial charge in [0.05, 0.1) is 22.3 Å². The number of likely N-dealkylation sites (tertiary alicyclic amines) is 1. The molecule has 1 saturated heterocycles. The Balaban J connectivity index is 1.37. The third-order valence-electron chi connectivity index (χ3n) is 6.71. The van der Waals surface area contributed by atoms with Crippen LogP contribution < -0.4 is 16.2 Å². The van der Waals surface area contributed by atoms with E-state index in [9.17, 15) is 14.4 Å². The predicted molar refractivity (Wildman–Crippen MR) is 120 cm³/mol. The number of hydrogen-bond acceptors (Lipinski definition) is 8. The van der Waals surface area contributed by atoms with Crippen molar-refractivity contribution < 1.29 is 9.59 Å². The monoisotopic (exact) mass is 461 g/mol. The highest BCUT2D eigenvalue weighted by Gasteiger charge is 2.48. The molecule has 0 atom stereocenters. The van der Waals surface area contributed by atoms with Gasteiger partial charge in [-0.15, -0.1) is 11.3 Å². The average molecular weight is 462 g/mol. The summed E-state index contributed by atoms with van der Waals surface area (Å²) in [7, 11) is 0. The lowest BCUT2D eigenvalue weighted by molar-refractivity contribution is 0.0582. The molecule has 0 radical (unpaired) electrons. The van der Waals surface area contributed by atoms with Crippen molar-refractivity contribution in [2.75, 3.05) is 18.4 Å². The van der Waals surface area contributed by atoms with Crippen molar-refractivity contribution in [1.29, 1.82) is 5.26 Å². The van der Waals surface area contributed by atoms with E-state index in [2.05, 4.69) is 26.7 Å². The van der Waals surface area contributed by atoms with Gasteiger partial charge >= 0.3 is 0 Å². The number of hydrogen-bond donors (Lipinski definition) is 2. The van der Waals surface area contributed by atoms with Gasteiger partial charge in [-0.3, -0.25) is 19.0 Å². The molecular formula is C22H19N7O3S. The summed E-state index contributed by atoms with van der Waals surface area (Å²) >= 11 is 1.25. The third-order valence-corrected chi connectivity index (χ3v) is 7.74. The number of carbonyl (C=O) groups is 2. The zero-order chi connectivity index (χ0) is 22.9. The number of nitrogens with zero attached hydrogens (tertiary/aromatic N) is 5. The molecule has 11 heteroatoms. The molecule has 0 aromatic carbocycles. The van der Waals surface area contributed by atoms with Crippen LogP contribution in [0.2, 0.25) is 0 Å². The number of thiophene rings is 1. The molecule has 3 aromatic heterocycles. The van der Waals surface area contributed by atoms with Crippen LogP contribution >= 0.6 is 11.3 Å². The number of anilines is 2. The molecule has 33 heavy (non-hydrogen) atoms. The van der Waals surface area contributed by atoms with E-state index in [0.29, 0.717) is 50.9 Å². The van der Waals surface area contributed by atoms with Crippen molar-refractivity contribution in [3.63, 3.8) is 0 Å². The summed E-state index contributed by atoms with van der Waals surface area (Å²) in [5, 5.41) is 15.7. The number of carbonyl (C=O) groups excluding carboxylic acids is 2. The molecule has 5 heterocycles. The van der Waals surface area contributed by atoms with Gasteiger partial charge in [0.1, 0.15) is 34.0 Å². The molecule has 1 saturated carbocycles. The lowest BCUT2D eigenvalue weighted by Gasteiger charge is -2.39. The zero-order valence-electron chi connectivity index (χ0n) is 17.7. The highest BCUT2D eigenvalue weighted by atomic mass is 32.1. The van der Waals surface area contributed by atoms with E-state index < -0.39 is 5.66 Å². The second kappa shape index (κ2) is 6.86. The standard InChI is InChI=1S/C22H19N7O3S/c1-11-5-14(20(31)29-16(11)18(30)27-22(29)3-2-4-22)26-17-13-6-15(33-19(13)25-10-24-17)21(32)28-8-12(7-23)9-28/h5-6,10,12H,2-4,8-9H2,1H3,(H,27,30)(H,24,25,26). The smallest absolute Gasteiger partial charge is 0.276 e.